The molecule has 2 nitrogen and oxygen atoms in total. The molecule has 0 bridgehead atoms. The van der Waals surface area contributed by atoms with Crippen molar-refractivity contribution in [3.05, 3.63) is 62.0 Å². The number of halogens is 4. The molecule has 1 N–H and O–H groups in total. The van der Waals surface area contributed by atoms with E-state index in [1.807, 2.05) is 0 Å². The van der Waals surface area contributed by atoms with E-state index in [0.717, 1.165) is 4.47 Å². The van der Waals surface area contributed by atoms with Crippen LogP contribution in [0.5, 0.6) is 5.75 Å². The fraction of sp³-hybridized carbons (Fsp3) is 0.200. The second-order valence-electron chi connectivity index (χ2n) is 4.47. The van der Waals surface area contributed by atoms with Crippen LogP contribution in [0.4, 0.5) is 8.78 Å². The first-order valence-electron chi connectivity index (χ1n) is 6.13. The van der Waals surface area contributed by atoms with Crippen molar-refractivity contribution in [2.45, 2.75) is 19.6 Å². The van der Waals surface area contributed by atoms with Crippen LogP contribution in [0.3, 0.4) is 0 Å². The highest BCUT2D eigenvalue weighted by atomic mass is 79.9. The maximum Gasteiger partial charge on any atom is 0.146 e. The molecule has 0 saturated heterocycles. The van der Waals surface area contributed by atoms with Crippen LogP contribution >= 0.6 is 31.9 Å². The maximum absolute atomic E-state index is 13.9. The molecule has 0 amide bonds. The Balaban J connectivity index is 2.27. The smallest absolute Gasteiger partial charge is 0.146 e. The van der Waals surface area contributed by atoms with Gasteiger partial charge in [0.15, 0.2) is 0 Å². The molecule has 2 aromatic rings. The van der Waals surface area contributed by atoms with Crippen molar-refractivity contribution < 1.29 is 18.6 Å². The van der Waals surface area contributed by atoms with Crippen LogP contribution in [0, 0.1) is 11.6 Å². The summed E-state index contributed by atoms with van der Waals surface area (Å²) >= 11 is 6.31. The van der Waals surface area contributed by atoms with E-state index in [-0.39, 0.29) is 16.6 Å². The van der Waals surface area contributed by atoms with Crippen LogP contribution in [0.25, 0.3) is 0 Å². The summed E-state index contributed by atoms with van der Waals surface area (Å²) in [4.78, 5) is 0. The molecule has 0 radical (unpaired) electrons. The van der Waals surface area contributed by atoms with Crippen LogP contribution in [0.2, 0.25) is 0 Å². The minimum absolute atomic E-state index is 0.163. The second-order valence-corrected chi connectivity index (χ2v) is 6.24. The molecular formula is C15H12Br2F2O2. The maximum atomic E-state index is 13.9. The van der Waals surface area contributed by atoms with E-state index in [0.29, 0.717) is 11.3 Å². The van der Waals surface area contributed by atoms with Gasteiger partial charge in [0.1, 0.15) is 24.0 Å². The minimum Gasteiger partial charge on any atom is -0.488 e. The third kappa shape index (κ3) is 3.81. The predicted molar refractivity (Wildman–Crippen MR) is 83.2 cm³/mol. The summed E-state index contributed by atoms with van der Waals surface area (Å²) in [6.45, 7) is 1.33. The van der Waals surface area contributed by atoms with E-state index in [4.69, 9.17) is 4.74 Å². The first-order chi connectivity index (χ1) is 9.90. The molecule has 1 unspecified atom stereocenters. The van der Waals surface area contributed by atoms with Gasteiger partial charge < -0.3 is 9.84 Å². The number of hydrogen-bond acceptors (Lipinski definition) is 2. The van der Waals surface area contributed by atoms with Crippen molar-refractivity contribution in [2.24, 2.45) is 0 Å². The summed E-state index contributed by atoms with van der Waals surface area (Å²) in [6.07, 6.45) is -0.755. The molecule has 0 spiro atoms. The molecule has 21 heavy (non-hydrogen) atoms. The third-order valence-electron chi connectivity index (χ3n) is 2.93. The van der Waals surface area contributed by atoms with Crippen LogP contribution in [0.15, 0.2) is 39.3 Å². The quantitative estimate of drug-likeness (QED) is 0.694. The number of aliphatic hydroxyl groups excluding tert-OH is 1. The number of aliphatic hydroxyl groups is 1. The molecule has 0 aromatic heterocycles. The Bertz CT molecular complexity index is 660. The monoisotopic (exact) mass is 420 g/mol. The lowest BCUT2D eigenvalue weighted by Gasteiger charge is -2.15. The number of benzene rings is 2. The van der Waals surface area contributed by atoms with Gasteiger partial charge in [0.05, 0.1) is 16.1 Å². The van der Waals surface area contributed by atoms with Crippen LogP contribution in [-0.4, -0.2) is 5.11 Å². The fourth-order valence-electron chi connectivity index (χ4n) is 1.83. The van der Waals surface area contributed by atoms with E-state index in [1.165, 1.54) is 12.1 Å². The Kier molecular flexibility index (Phi) is 5.35. The van der Waals surface area contributed by atoms with Crippen LogP contribution in [-0.2, 0) is 6.61 Å². The van der Waals surface area contributed by atoms with Gasteiger partial charge in [0.2, 0.25) is 0 Å². The van der Waals surface area contributed by atoms with E-state index in [1.54, 1.807) is 25.1 Å². The van der Waals surface area contributed by atoms with E-state index in [9.17, 15) is 13.9 Å². The predicted octanol–water partition coefficient (Wildman–Crippen LogP) is 5.12. The molecule has 0 heterocycles. The molecular weight excluding hydrogens is 410 g/mol. The largest absolute Gasteiger partial charge is 0.488 e. The number of hydrogen-bond donors (Lipinski definition) is 1. The normalized spacial score (nSPS) is 12.3. The average molecular weight is 422 g/mol. The zero-order valence-corrected chi connectivity index (χ0v) is 14.2. The molecule has 6 heteroatoms. The van der Waals surface area contributed by atoms with Crippen molar-refractivity contribution in [1.82, 2.24) is 0 Å². The standard InChI is InChI=1S/C15H12Br2F2O2/c1-8(20)10-6-9(16)2-5-14(10)21-7-11-13(18)4-3-12(17)15(11)19/h2-6,8,20H,7H2,1H3. The van der Waals surface area contributed by atoms with Gasteiger partial charge in [0, 0.05) is 10.0 Å². The highest BCUT2D eigenvalue weighted by Gasteiger charge is 2.15. The Morgan fingerprint density at radius 1 is 1.19 bits per heavy atom. The molecule has 0 aliphatic carbocycles. The molecule has 0 aliphatic heterocycles. The fourth-order valence-corrected chi connectivity index (χ4v) is 2.58. The highest BCUT2D eigenvalue weighted by Crippen LogP contribution is 2.30. The van der Waals surface area contributed by atoms with Gasteiger partial charge in [-0.05, 0) is 53.2 Å². The molecule has 0 aliphatic rings. The second kappa shape index (κ2) is 6.85. The van der Waals surface area contributed by atoms with Crippen molar-refractivity contribution in [3.8, 4) is 5.75 Å². The topological polar surface area (TPSA) is 29.5 Å². The van der Waals surface area contributed by atoms with Crippen molar-refractivity contribution in [1.29, 1.82) is 0 Å². The molecule has 1 atom stereocenters. The molecule has 0 fully saturated rings. The lowest BCUT2D eigenvalue weighted by Crippen LogP contribution is -2.05. The lowest BCUT2D eigenvalue weighted by molar-refractivity contribution is 0.189. The first kappa shape index (κ1) is 16.4. The van der Waals surface area contributed by atoms with Gasteiger partial charge in [-0.2, -0.15) is 0 Å². The summed E-state index contributed by atoms with van der Waals surface area (Å²) in [7, 11) is 0. The Labute approximate surface area is 138 Å². The minimum atomic E-state index is -0.755. The van der Waals surface area contributed by atoms with Crippen molar-refractivity contribution >= 4 is 31.9 Å². The molecule has 2 rings (SSSR count). The van der Waals surface area contributed by atoms with Gasteiger partial charge in [-0.25, -0.2) is 8.78 Å². The zero-order valence-electron chi connectivity index (χ0n) is 11.0. The summed E-state index contributed by atoms with van der Waals surface area (Å²) in [6, 6.07) is 7.54. The third-order valence-corrected chi connectivity index (χ3v) is 4.04. The summed E-state index contributed by atoms with van der Waals surface area (Å²) in [5, 5.41) is 9.72. The molecule has 0 saturated carbocycles. The van der Waals surface area contributed by atoms with Gasteiger partial charge in [-0.15, -0.1) is 0 Å². The van der Waals surface area contributed by atoms with Crippen LogP contribution < -0.4 is 4.74 Å². The SMILES string of the molecule is CC(O)c1cc(Br)ccc1OCc1c(F)ccc(Br)c1F. The number of ether oxygens (including phenoxy) is 1. The number of rotatable bonds is 4. The van der Waals surface area contributed by atoms with E-state index in [2.05, 4.69) is 31.9 Å². The summed E-state index contributed by atoms with van der Waals surface area (Å²) < 4.78 is 34.0. The van der Waals surface area contributed by atoms with Crippen molar-refractivity contribution in [3.63, 3.8) is 0 Å². The Morgan fingerprint density at radius 2 is 1.90 bits per heavy atom. The average Bonchev–Trinajstić information content (AvgIpc) is 2.44. The Hall–Kier alpha value is -0.980. The molecule has 112 valence electrons. The van der Waals surface area contributed by atoms with Crippen molar-refractivity contribution in [2.75, 3.05) is 0 Å². The van der Waals surface area contributed by atoms with Gasteiger partial charge in [-0.1, -0.05) is 15.9 Å². The first-order valence-corrected chi connectivity index (χ1v) is 7.71. The highest BCUT2D eigenvalue weighted by molar-refractivity contribution is 9.10. The van der Waals surface area contributed by atoms with Crippen LogP contribution in [0.1, 0.15) is 24.2 Å². The van der Waals surface area contributed by atoms with Gasteiger partial charge in [0.25, 0.3) is 0 Å². The van der Waals surface area contributed by atoms with Gasteiger partial charge in [-0.3, -0.25) is 0 Å². The van der Waals surface area contributed by atoms with E-state index >= 15 is 0 Å². The van der Waals surface area contributed by atoms with Gasteiger partial charge >= 0.3 is 0 Å². The summed E-state index contributed by atoms with van der Waals surface area (Å²) in [5.41, 5.74) is 0.379. The van der Waals surface area contributed by atoms with E-state index < -0.39 is 17.7 Å². The zero-order chi connectivity index (χ0) is 15.6. The lowest BCUT2D eigenvalue weighted by atomic mass is 10.1. The summed E-state index contributed by atoms with van der Waals surface area (Å²) in [5.74, 6) is -0.982. The molecule has 2 aromatic carbocycles. The Morgan fingerprint density at radius 3 is 2.57 bits per heavy atom.